The highest BCUT2D eigenvalue weighted by molar-refractivity contribution is 5.27. The molecular weight excluding hydrogens is 194 g/mol. The average molecular weight is 219 g/mol. The largest absolute Gasteiger partial charge is 0.322 e. The lowest BCUT2D eigenvalue weighted by atomic mass is 9.86. The standard InChI is InChI=1S/C15H25N/c1-5-13-6-8-14(9-7-13)15(4,16)11-10-12(2)3/h6-9,12H,5,10-11,16H2,1-4H3. The highest BCUT2D eigenvalue weighted by atomic mass is 14.7. The van der Waals surface area contributed by atoms with E-state index in [-0.39, 0.29) is 5.54 Å². The average Bonchev–Trinajstić information content (AvgIpc) is 2.27. The second-order valence-corrected chi connectivity index (χ2v) is 5.40. The van der Waals surface area contributed by atoms with Crippen molar-refractivity contribution in [3.63, 3.8) is 0 Å². The molecule has 0 aliphatic carbocycles. The van der Waals surface area contributed by atoms with Crippen molar-refractivity contribution >= 4 is 0 Å². The van der Waals surface area contributed by atoms with E-state index in [9.17, 15) is 0 Å². The van der Waals surface area contributed by atoms with E-state index in [0.29, 0.717) is 0 Å². The predicted octanol–water partition coefficient (Wildman–Crippen LogP) is 3.86. The summed E-state index contributed by atoms with van der Waals surface area (Å²) >= 11 is 0. The fourth-order valence-electron chi connectivity index (χ4n) is 1.85. The molecule has 0 aliphatic heterocycles. The molecule has 16 heavy (non-hydrogen) atoms. The lowest BCUT2D eigenvalue weighted by Gasteiger charge is -2.26. The summed E-state index contributed by atoms with van der Waals surface area (Å²) in [6.45, 7) is 8.80. The van der Waals surface area contributed by atoms with Crippen molar-refractivity contribution in [2.24, 2.45) is 11.7 Å². The molecule has 0 amide bonds. The Kier molecular flexibility index (Phi) is 4.55. The van der Waals surface area contributed by atoms with Crippen LogP contribution in [0.5, 0.6) is 0 Å². The SMILES string of the molecule is CCc1ccc(C(C)(N)CCC(C)C)cc1. The lowest BCUT2D eigenvalue weighted by molar-refractivity contribution is 0.396. The van der Waals surface area contributed by atoms with Crippen molar-refractivity contribution in [3.05, 3.63) is 35.4 Å². The van der Waals surface area contributed by atoms with Gasteiger partial charge in [0.05, 0.1) is 0 Å². The first-order valence-corrected chi connectivity index (χ1v) is 6.34. The van der Waals surface area contributed by atoms with Crippen molar-refractivity contribution in [1.29, 1.82) is 0 Å². The molecule has 0 heterocycles. The third-order valence-corrected chi connectivity index (χ3v) is 3.26. The van der Waals surface area contributed by atoms with Crippen molar-refractivity contribution in [3.8, 4) is 0 Å². The van der Waals surface area contributed by atoms with Crippen molar-refractivity contribution in [2.75, 3.05) is 0 Å². The van der Waals surface area contributed by atoms with Crippen LogP contribution in [0.2, 0.25) is 0 Å². The molecular formula is C15H25N. The molecule has 1 atom stereocenters. The van der Waals surface area contributed by atoms with E-state index in [1.165, 1.54) is 17.5 Å². The molecule has 1 unspecified atom stereocenters. The van der Waals surface area contributed by atoms with E-state index in [1.54, 1.807) is 0 Å². The second kappa shape index (κ2) is 5.49. The molecule has 2 N–H and O–H groups in total. The molecule has 0 bridgehead atoms. The zero-order chi connectivity index (χ0) is 12.2. The Morgan fingerprint density at radius 1 is 1.19 bits per heavy atom. The van der Waals surface area contributed by atoms with E-state index in [1.807, 2.05) is 0 Å². The van der Waals surface area contributed by atoms with Crippen LogP contribution in [0.25, 0.3) is 0 Å². The fraction of sp³-hybridized carbons (Fsp3) is 0.600. The summed E-state index contributed by atoms with van der Waals surface area (Å²) in [7, 11) is 0. The Morgan fingerprint density at radius 3 is 2.19 bits per heavy atom. The van der Waals surface area contributed by atoms with Crippen LogP contribution in [-0.4, -0.2) is 0 Å². The first kappa shape index (κ1) is 13.2. The Balaban J connectivity index is 2.72. The van der Waals surface area contributed by atoms with Crippen molar-refractivity contribution in [2.45, 2.75) is 52.5 Å². The summed E-state index contributed by atoms with van der Waals surface area (Å²) in [5.41, 5.74) is 8.83. The van der Waals surface area contributed by atoms with Crippen LogP contribution in [0.3, 0.4) is 0 Å². The van der Waals surface area contributed by atoms with Gasteiger partial charge in [-0.3, -0.25) is 0 Å². The quantitative estimate of drug-likeness (QED) is 0.799. The predicted molar refractivity (Wildman–Crippen MR) is 71.4 cm³/mol. The van der Waals surface area contributed by atoms with E-state index < -0.39 is 0 Å². The summed E-state index contributed by atoms with van der Waals surface area (Å²) in [5.74, 6) is 0.720. The van der Waals surface area contributed by atoms with Crippen LogP contribution in [0.1, 0.15) is 51.7 Å². The Morgan fingerprint density at radius 2 is 1.75 bits per heavy atom. The minimum absolute atomic E-state index is 0.184. The van der Waals surface area contributed by atoms with E-state index >= 15 is 0 Å². The first-order valence-electron chi connectivity index (χ1n) is 6.34. The maximum atomic E-state index is 6.38. The molecule has 90 valence electrons. The maximum Gasteiger partial charge on any atom is 0.0381 e. The van der Waals surface area contributed by atoms with Gasteiger partial charge >= 0.3 is 0 Å². The molecule has 0 fully saturated rings. The summed E-state index contributed by atoms with van der Waals surface area (Å²) in [5, 5.41) is 0. The van der Waals surface area contributed by atoms with E-state index in [4.69, 9.17) is 5.73 Å². The zero-order valence-electron chi connectivity index (χ0n) is 11.1. The van der Waals surface area contributed by atoms with E-state index in [2.05, 4.69) is 52.0 Å². The van der Waals surface area contributed by atoms with Gasteiger partial charge in [-0.15, -0.1) is 0 Å². The number of hydrogen-bond donors (Lipinski definition) is 1. The molecule has 0 spiro atoms. The minimum atomic E-state index is -0.184. The molecule has 1 aromatic rings. The number of aryl methyl sites for hydroxylation is 1. The van der Waals surface area contributed by atoms with Gasteiger partial charge in [0.1, 0.15) is 0 Å². The van der Waals surface area contributed by atoms with Gasteiger partial charge in [0.2, 0.25) is 0 Å². The number of benzene rings is 1. The molecule has 0 saturated carbocycles. The molecule has 0 aliphatic rings. The summed E-state index contributed by atoms with van der Waals surface area (Å²) in [6.07, 6.45) is 3.33. The van der Waals surface area contributed by atoms with Crippen molar-refractivity contribution < 1.29 is 0 Å². The van der Waals surface area contributed by atoms with Crippen LogP contribution in [0.4, 0.5) is 0 Å². The van der Waals surface area contributed by atoms with E-state index in [0.717, 1.165) is 18.8 Å². The van der Waals surface area contributed by atoms with Gasteiger partial charge in [-0.2, -0.15) is 0 Å². The van der Waals surface area contributed by atoms with Gasteiger partial charge < -0.3 is 5.73 Å². The van der Waals surface area contributed by atoms with Gasteiger partial charge in [0, 0.05) is 5.54 Å². The number of hydrogen-bond acceptors (Lipinski definition) is 1. The topological polar surface area (TPSA) is 26.0 Å². The Hall–Kier alpha value is -0.820. The molecule has 0 aromatic heterocycles. The highest BCUT2D eigenvalue weighted by Gasteiger charge is 2.20. The fourth-order valence-corrected chi connectivity index (χ4v) is 1.85. The highest BCUT2D eigenvalue weighted by Crippen LogP contribution is 2.25. The molecule has 1 nitrogen and oxygen atoms in total. The van der Waals surface area contributed by atoms with Gasteiger partial charge in [0.25, 0.3) is 0 Å². The molecule has 1 heteroatoms. The van der Waals surface area contributed by atoms with Gasteiger partial charge in [-0.1, -0.05) is 45.0 Å². The smallest absolute Gasteiger partial charge is 0.0381 e. The third-order valence-electron chi connectivity index (χ3n) is 3.26. The molecule has 0 radical (unpaired) electrons. The van der Waals surface area contributed by atoms with Gasteiger partial charge in [-0.25, -0.2) is 0 Å². The summed E-state index contributed by atoms with van der Waals surface area (Å²) in [4.78, 5) is 0. The van der Waals surface area contributed by atoms with Crippen LogP contribution in [-0.2, 0) is 12.0 Å². The monoisotopic (exact) mass is 219 g/mol. The lowest BCUT2D eigenvalue weighted by Crippen LogP contribution is -2.33. The second-order valence-electron chi connectivity index (χ2n) is 5.40. The van der Waals surface area contributed by atoms with Crippen LogP contribution < -0.4 is 5.73 Å². The summed E-state index contributed by atoms with van der Waals surface area (Å²) in [6, 6.07) is 8.74. The van der Waals surface area contributed by atoms with Crippen LogP contribution in [0.15, 0.2) is 24.3 Å². The Labute approximate surface area is 100 Å². The maximum absolute atomic E-state index is 6.38. The molecule has 1 rings (SSSR count). The van der Waals surface area contributed by atoms with Crippen LogP contribution in [0, 0.1) is 5.92 Å². The molecule has 0 saturated heterocycles. The molecule has 1 aromatic carbocycles. The van der Waals surface area contributed by atoms with Crippen molar-refractivity contribution in [1.82, 2.24) is 0 Å². The Bertz CT molecular complexity index is 309. The van der Waals surface area contributed by atoms with Gasteiger partial charge in [0.15, 0.2) is 0 Å². The van der Waals surface area contributed by atoms with Gasteiger partial charge in [-0.05, 0) is 43.2 Å². The summed E-state index contributed by atoms with van der Waals surface area (Å²) < 4.78 is 0. The number of nitrogens with two attached hydrogens (primary N) is 1. The first-order chi connectivity index (χ1) is 7.45. The third kappa shape index (κ3) is 3.64. The van der Waals surface area contributed by atoms with Crippen LogP contribution >= 0.6 is 0 Å². The number of rotatable bonds is 5. The normalized spacial score (nSPS) is 15.1. The zero-order valence-corrected chi connectivity index (χ0v) is 11.1. The minimum Gasteiger partial charge on any atom is -0.322 e.